The van der Waals surface area contributed by atoms with Gasteiger partial charge in [-0.05, 0) is 45.6 Å². The molecule has 3 aliphatic rings. The van der Waals surface area contributed by atoms with Gasteiger partial charge in [0.1, 0.15) is 0 Å². The zero-order chi connectivity index (χ0) is 18.4. The van der Waals surface area contributed by atoms with Gasteiger partial charge in [-0.2, -0.15) is 0 Å². The van der Waals surface area contributed by atoms with E-state index in [0.717, 1.165) is 51.4 Å². The molecule has 0 spiro atoms. The number of hydrogen-bond acceptors (Lipinski definition) is 3. The number of likely N-dealkylation sites (tertiary alicyclic amines) is 2. The summed E-state index contributed by atoms with van der Waals surface area (Å²) in [6.45, 7) is 7.24. The molecule has 1 amide bonds. The lowest BCUT2D eigenvalue weighted by Gasteiger charge is -2.33. The summed E-state index contributed by atoms with van der Waals surface area (Å²) in [6.07, 6.45) is 9.64. The smallest absolute Gasteiger partial charge is 0.225 e. The van der Waals surface area contributed by atoms with Crippen LogP contribution in [0.25, 0.3) is 0 Å². The van der Waals surface area contributed by atoms with Crippen LogP contribution in [0.1, 0.15) is 58.3 Å². The summed E-state index contributed by atoms with van der Waals surface area (Å²) >= 11 is 0. The van der Waals surface area contributed by atoms with Crippen molar-refractivity contribution in [1.29, 1.82) is 0 Å². The molecule has 2 unspecified atom stereocenters. The van der Waals surface area contributed by atoms with Crippen molar-refractivity contribution in [1.82, 2.24) is 20.4 Å². The summed E-state index contributed by atoms with van der Waals surface area (Å²) in [5, 5.41) is 6.97. The number of amides is 1. The van der Waals surface area contributed by atoms with Crippen LogP contribution >= 0.6 is 0 Å². The van der Waals surface area contributed by atoms with Crippen molar-refractivity contribution < 1.29 is 4.79 Å². The van der Waals surface area contributed by atoms with Crippen LogP contribution in [0.4, 0.5) is 0 Å². The zero-order valence-electron chi connectivity index (χ0n) is 16.7. The maximum absolute atomic E-state index is 12.6. The van der Waals surface area contributed by atoms with Crippen molar-refractivity contribution in [2.75, 3.05) is 39.8 Å². The first-order chi connectivity index (χ1) is 12.7. The van der Waals surface area contributed by atoms with Gasteiger partial charge in [0, 0.05) is 51.2 Å². The first kappa shape index (κ1) is 19.5. The third-order valence-corrected chi connectivity index (χ3v) is 6.40. The fourth-order valence-corrected chi connectivity index (χ4v) is 4.70. The van der Waals surface area contributed by atoms with Crippen LogP contribution in [0.5, 0.6) is 0 Å². The minimum Gasteiger partial charge on any atom is -0.355 e. The van der Waals surface area contributed by atoms with E-state index in [-0.39, 0.29) is 5.92 Å². The molecular formula is C20H37N5O. The highest BCUT2D eigenvalue weighted by atomic mass is 16.2. The van der Waals surface area contributed by atoms with Crippen LogP contribution in [0.3, 0.4) is 0 Å². The molecule has 1 saturated carbocycles. The fraction of sp³-hybridized carbons (Fsp3) is 0.900. The lowest BCUT2D eigenvalue weighted by molar-refractivity contribution is -0.134. The number of hydrogen-bond donors (Lipinski definition) is 2. The number of nitrogens with one attached hydrogen (secondary N) is 2. The Morgan fingerprint density at radius 2 is 1.85 bits per heavy atom. The van der Waals surface area contributed by atoms with Gasteiger partial charge in [0.05, 0.1) is 0 Å². The van der Waals surface area contributed by atoms with Crippen molar-refractivity contribution in [3.05, 3.63) is 0 Å². The number of piperidine rings is 1. The average molecular weight is 364 g/mol. The van der Waals surface area contributed by atoms with Crippen molar-refractivity contribution in [3.63, 3.8) is 0 Å². The van der Waals surface area contributed by atoms with Crippen molar-refractivity contribution in [2.45, 2.75) is 70.4 Å². The number of nitrogens with zero attached hydrogens (tertiary/aromatic N) is 3. The Kier molecular flexibility index (Phi) is 7.17. The van der Waals surface area contributed by atoms with Crippen LogP contribution in [0.2, 0.25) is 0 Å². The topological polar surface area (TPSA) is 60.0 Å². The predicted molar refractivity (Wildman–Crippen MR) is 106 cm³/mol. The number of carbonyl (C=O) groups is 1. The van der Waals surface area contributed by atoms with E-state index < -0.39 is 0 Å². The van der Waals surface area contributed by atoms with Gasteiger partial charge in [0.15, 0.2) is 5.96 Å². The fourth-order valence-electron chi connectivity index (χ4n) is 4.70. The number of guanidine groups is 1. The molecule has 26 heavy (non-hydrogen) atoms. The molecule has 0 aromatic heterocycles. The van der Waals surface area contributed by atoms with Gasteiger partial charge in [-0.3, -0.25) is 14.7 Å². The van der Waals surface area contributed by atoms with E-state index in [1.54, 1.807) is 0 Å². The van der Waals surface area contributed by atoms with Gasteiger partial charge < -0.3 is 15.5 Å². The monoisotopic (exact) mass is 363 g/mol. The Morgan fingerprint density at radius 1 is 1.08 bits per heavy atom. The molecule has 1 aliphatic carbocycles. The van der Waals surface area contributed by atoms with Crippen LogP contribution < -0.4 is 10.6 Å². The normalized spacial score (nSPS) is 28.5. The van der Waals surface area contributed by atoms with E-state index >= 15 is 0 Å². The molecule has 2 heterocycles. The van der Waals surface area contributed by atoms with Gasteiger partial charge in [0.2, 0.25) is 5.91 Å². The lowest BCUT2D eigenvalue weighted by atomic mass is 10.0. The average Bonchev–Trinajstić information content (AvgIpc) is 3.34. The zero-order valence-corrected chi connectivity index (χ0v) is 16.7. The van der Waals surface area contributed by atoms with E-state index in [0.29, 0.717) is 18.0 Å². The Bertz CT molecular complexity index is 489. The molecule has 0 radical (unpaired) electrons. The SMILES string of the molecule is CN=C(NCCN1CCCCC1C)NC1CCN(C(=O)C2CCCC2)C1. The summed E-state index contributed by atoms with van der Waals surface area (Å²) in [6, 6.07) is 1.02. The maximum Gasteiger partial charge on any atom is 0.225 e. The maximum atomic E-state index is 12.6. The molecule has 0 bridgehead atoms. The second-order valence-electron chi connectivity index (χ2n) is 8.28. The number of aliphatic imine (C=N–C) groups is 1. The minimum atomic E-state index is 0.290. The molecule has 0 aromatic carbocycles. The van der Waals surface area contributed by atoms with E-state index in [4.69, 9.17) is 0 Å². The lowest BCUT2D eigenvalue weighted by Crippen LogP contribution is -2.48. The van der Waals surface area contributed by atoms with Gasteiger partial charge in [-0.1, -0.05) is 19.3 Å². The summed E-state index contributed by atoms with van der Waals surface area (Å²) in [5.41, 5.74) is 0. The third-order valence-electron chi connectivity index (χ3n) is 6.40. The van der Waals surface area contributed by atoms with Crippen molar-refractivity contribution in [3.8, 4) is 0 Å². The van der Waals surface area contributed by atoms with E-state index in [2.05, 4.69) is 32.3 Å². The van der Waals surface area contributed by atoms with E-state index in [9.17, 15) is 4.79 Å². The van der Waals surface area contributed by atoms with Gasteiger partial charge in [-0.15, -0.1) is 0 Å². The van der Waals surface area contributed by atoms with Gasteiger partial charge >= 0.3 is 0 Å². The van der Waals surface area contributed by atoms with Gasteiger partial charge in [-0.25, -0.2) is 0 Å². The highest BCUT2D eigenvalue weighted by Crippen LogP contribution is 2.27. The number of carbonyl (C=O) groups excluding carboxylic acids is 1. The highest BCUT2D eigenvalue weighted by molar-refractivity contribution is 5.81. The molecule has 6 nitrogen and oxygen atoms in total. The van der Waals surface area contributed by atoms with Crippen LogP contribution in [0, 0.1) is 5.92 Å². The Hall–Kier alpha value is -1.30. The largest absolute Gasteiger partial charge is 0.355 e. The molecule has 2 saturated heterocycles. The van der Waals surface area contributed by atoms with E-state index in [1.165, 1.54) is 38.6 Å². The quantitative estimate of drug-likeness (QED) is 0.578. The third kappa shape index (κ3) is 5.12. The highest BCUT2D eigenvalue weighted by Gasteiger charge is 2.32. The number of rotatable bonds is 5. The van der Waals surface area contributed by atoms with Gasteiger partial charge in [0.25, 0.3) is 0 Å². The predicted octanol–water partition coefficient (Wildman–Crippen LogP) is 1.82. The molecule has 3 rings (SSSR count). The van der Waals surface area contributed by atoms with Crippen LogP contribution in [-0.4, -0.2) is 73.5 Å². The molecular weight excluding hydrogens is 326 g/mol. The summed E-state index contributed by atoms with van der Waals surface area (Å²) in [5.74, 6) is 1.54. The Labute approximate surface area is 158 Å². The van der Waals surface area contributed by atoms with Crippen LogP contribution in [-0.2, 0) is 4.79 Å². The standard InChI is InChI=1S/C20H37N5O/c1-16-7-5-6-12-24(16)14-11-22-20(21-2)23-18-10-13-25(15-18)19(26)17-8-3-4-9-17/h16-18H,3-15H2,1-2H3,(H2,21,22,23). The molecule has 0 aromatic rings. The second-order valence-corrected chi connectivity index (χ2v) is 8.28. The first-order valence-electron chi connectivity index (χ1n) is 10.7. The molecule has 2 aliphatic heterocycles. The minimum absolute atomic E-state index is 0.290. The Balaban J connectivity index is 1.37. The first-order valence-corrected chi connectivity index (χ1v) is 10.7. The summed E-state index contributed by atoms with van der Waals surface area (Å²) in [4.78, 5) is 21.6. The summed E-state index contributed by atoms with van der Waals surface area (Å²) in [7, 11) is 1.83. The Morgan fingerprint density at radius 3 is 2.58 bits per heavy atom. The van der Waals surface area contributed by atoms with Crippen molar-refractivity contribution >= 4 is 11.9 Å². The molecule has 6 heteroatoms. The van der Waals surface area contributed by atoms with E-state index in [1.807, 2.05) is 7.05 Å². The molecule has 148 valence electrons. The van der Waals surface area contributed by atoms with Crippen molar-refractivity contribution in [2.24, 2.45) is 10.9 Å². The molecule has 2 atom stereocenters. The second kappa shape index (κ2) is 9.58. The molecule has 2 N–H and O–H groups in total. The summed E-state index contributed by atoms with van der Waals surface area (Å²) < 4.78 is 0. The molecule has 3 fully saturated rings. The van der Waals surface area contributed by atoms with Crippen LogP contribution in [0.15, 0.2) is 4.99 Å².